The Morgan fingerprint density at radius 3 is 2.44 bits per heavy atom. The van der Waals surface area contributed by atoms with Crippen LogP contribution in [0.4, 0.5) is 5.82 Å². The van der Waals surface area contributed by atoms with Gasteiger partial charge in [-0.15, -0.1) is 0 Å². The van der Waals surface area contributed by atoms with Gasteiger partial charge in [-0.05, 0) is 137 Å². The summed E-state index contributed by atoms with van der Waals surface area (Å²) >= 11 is 0. The van der Waals surface area contributed by atoms with Crippen LogP contribution >= 0.6 is 0 Å². The number of fused-ring (bicyclic) bond motifs is 3. The maximum atomic E-state index is 14.6. The van der Waals surface area contributed by atoms with E-state index in [1.165, 1.54) is 11.1 Å². The van der Waals surface area contributed by atoms with Gasteiger partial charge in [-0.2, -0.15) is 5.10 Å². The fraction of sp³-hybridized carbons (Fsp3) is 0.579. The van der Waals surface area contributed by atoms with Crippen molar-refractivity contribution >= 4 is 17.5 Å². The number of rotatable bonds is 10. The molecule has 7 nitrogen and oxygen atoms in total. The largest absolute Gasteiger partial charge is 0.496 e. The SMILES string of the molecule is COc1ccc(C23CCC(CN(C(=O)[C@@H]4CCC[C@@H](CC(C)=O)C4)c4cc(-c5cnn(C(C)C)c5)ccn4)(CC2)CC3)cc1C. The first kappa shape index (κ1) is 31.5. The lowest BCUT2D eigenvalue weighted by Crippen LogP contribution is -2.52. The van der Waals surface area contributed by atoms with Crippen molar-refractivity contribution < 1.29 is 14.3 Å². The number of hydrogen-bond acceptors (Lipinski definition) is 5. The van der Waals surface area contributed by atoms with Gasteiger partial charge in [-0.25, -0.2) is 4.98 Å². The number of ether oxygens (including phenoxy) is 1. The Hall–Kier alpha value is -3.48. The summed E-state index contributed by atoms with van der Waals surface area (Å²) in [6, 6.07) is 11.1. The molecule has 4 saturated carbocycles. The van der Waals surface area contributed by atoms with Crippen LogP contribution in [-0.2, 0) is 15.0 Å². The second-order valence-electron chi connectivity index (χ2n) is 14.7. The van der Waals surface area contributed by atoms with Crippen molar-refractivity contribution in [2.24, 2.45) is 17.3 Å². The lowest BCUT2D eigenvalue weighted by Gasteiger charge is -2.55. The number of aryl methyl sites for hydroxylation is 1. The van der Waals surface area contributed by atoms with Gasteiger partial charge in [0.05, 0.1) is 13.3 Å². The predicted octanol–water partition coefficient (Wildman–Crippen LogP) is 8.25. The highest BCUT2D eigenvalue weighted by Crippen LogP contribution is 2.58. The Morgan fingerprint density at radius 2 is 1.80 bits per heavy atom. The molecule has 4 aliphatic rings. The molecule has 0 saturated heterocycles. The van der Waals surface area contributed by atoms with Crippen molar-refractivity contribution in [1.82, 2.24) is 14.8 Å². The molecule has 4 fully saturated rings. The van der Waals surface area contributed by atoms with Crippen LogP contribution in [0.25, 0.3) is 11.1 Å². The Morgan fingerprint density at radius 1 is 1.04 bits per heavy atom. The van der Waals surface area contributed by atoms with E-state index in [2.05, 4.69) is 56.3 Å². The minimum Gasteiger partial charge on any atom is -0.496 e. The minimum absolute atomic E-state index is 0.0674. The summed E-state index contributed by atoms with van der Waals surface area (Å²) in [5.74, 6) is 2.33. The fourth-order valence-electron chi connectivity index (χ4n) is 8.59. The van der Waals surface area contributed by atoms with E-state index in [0.717, 1.165) is 86.9 Å². The molecule has 7 heteroatoms. The van der Waals surface area contributed by atoms with Gasteiger partial charge in [0.2, 0.25) is 5.91 Å². The molecule has 0 radical (unpaired) electrons. The summed E-state index contributed by atoms with van der Waals surface area (Å²) in [5, 5.41) is 4.56. The van der Waals surface area contributed by atoms with Gasteiger partial charge in [-0.1, -0.05) is 18.6 Å². The summed E-state index contributed by atoms with van der Waals surface area (Å²) in [5.41, 5.74) is 5.01. The number of Topliss-reactive ketones (excluding diaryl/α,β-unsaturated/α-hetero) is 1. The van der Waals surface area contributed by atoms with E-state index in [4.69, 9.17) is 9.72 Å². The number of carbonyl (C=O) groups excluding carboxylic acids is 2. The zero-order valence-corrected chi connectivity index (χ0v) is 27.8. The lowest BCUT2D eigenvalue weighted by molar-refractivity contribution is -0.125. The number of anilines is 1. The zero-order valence-electron chi connectivity index (χ0n) is 27.8. The summed E-state index contributed by atoms with van der Waals surface area (Å²) in [4.78, 5) is 33.4. The molecule has 45 heavy (non-hydrogen) atoms. The van der Waals surface area contributed by atoms with E-state index < -0.39 is 0 Å². The molecular formula is C38H50N4O3. The van der Waals surface area contributed by atoms with Crippen LogP contribution < -0.4 is 9.64 Å². The Kier molecular flexibility index (Phi) is 8.91. The Bertz CT molecular complexity index is 1520. The number of carbonyl (C=O) groups is 2. The quantitative estimate of drug-likeness (QED) is 0.231. The first-order chi connectivity index (χ1) is 21.6. The molecule has 1 amide bonds. The van der Waals surface area contributed by atoms with Crippen LogP contribution in [0, 0.1) is 24.2 Å². The van der Waals surface area contributed by atoms with Gasteiger partial charge in [0.15, 0.2) is 0 Å². The molecule has 2 aromatic heterocycles. The Balaban J connectivity index is 1.27. The van der Waals surface area contributed by atoms with Gasteiger partial charge in [0.1, 0.15) is 17.4 Å². The normalized spacial score (nSPS) is 26.2. The fourth-order valence-corrected chi connectivity index (χ4v) is 8.59. The van der Waals surface area contributed by atoms with E-state index in [-0.39, 0.29) is 34.5 Å². The third-order valence-electron chi connectivity index (χ3n) is 11.4. The van der Waals surface area contributed by atoms with Gasteiger partial charge in [0, 0.05) is 42.9 Å². The third-order valence-corrected chi connectivity index (χ3v) is 11.4. The predicted molar refractivity (Wildman–Crippen MR) is 178 cm³/mol. The number of amides is 1. The average molecular weight is 611 g/mol. The molecule has 0 spiro atoms. The molecular weight excluding hydrogens is 560 g/mol. The van der Waals surface area contributed by atoms with Gasteiger partial charge < -0.3 is 9.53 Å². The van der Waals surface area contributed by atoms with Crippen molar-refractivity contribution in [3.05, 3.63) is 60.0 Å². The summed E-state index contributed by atoms with van der Waals surface area (Å²) in [7, 11) is 1.74. The molecule has 1 aromatic carbocycles. The number of aromatic nitrogens is 3. The van der Waals surface area contributed by atoms with Crippen molar-refractivity contribution in [2.75, 3.05) is 18.6 Å². The molecule has 0 unspecified atom stereocenters. The monoisotopic (exact) mass is 610 g/mol. The van der Waals surface area contributed by atoms with Crippen LogP contribution in [0.15, 0.2) is 48.9 Å². The second-order valence-corrected chi connectivity index (χ2v) is 14.7. The smallest absolute Gasteiger partial charge is 0.231 e. The van der Waals surface area contributed by atoms with Crippen LogP contribution in [0.5, 0.6) is 5.75 Å². The average Bonchev–Trinajstić information content (AvgIpc) is 3.55. The van der Waals surface area contributed by atoms with E-state index >= 15 is 0 Å². The molecule has 240 valence electrons. The van der Waals surface area contributed by atoms with E-state index in [9.17, 15) is 9.59 Å². The van der Waals surface area contributed by atoms with Crippen LogP contribution in [0.2, 0.25) is 0 Å². The number of pyridine rings is 1. The standard InChI is InChI=1S/C38H50N4O3/c1-26(2)42-24-32(23-40-42)30-11-18-39-35(22-30)41(36(44)31-8-6-7-29(21-31)20-28(4)43)25-37-12-15-38(16-13-37,17-14-37)33-9-10-34(45-5)27(3)19-33/h9-11,18-19,22-24,26,29,31H,6-8,12-17,20-21,25H2,1-5H3/t29-,31+,37?,38?/m0/s1. The van der Waals surface area contributed by atoms with Gasteiger partial charge in [-0.3, -0.25) is 14.4 Å². The highest BCUT2D eigenvalue weighted by Gasteiger charge is 2.51. The first-order valence-electron chi connectivity index (χ1n) is 17.1. The summed E-state index contributed by atoms with van der Waals surface area (Å²) in [6.45, 7) is 8.76. The third kappa shape index (κ3) is 6.45. The number of hydrogen-bond donors (Lipinski definition) is 0. The molecule has 2 heterocycles. The van der Waals surface area contributed by atoms with Crippen molar-refractivity contribution in [1.29, 1.82) is 0 Å². The van der Waals surface area contributed by atoms with Crippen LogP contribution in [0.1, 0.15) is 109 Å². The molecule has 7 rings (SSSR count). The van der Waals surface area contributed by atoms with Crippen molar-refractivity contribution in [2.45, 2.75) is 110 Å². The number of nitrogens with zero attached hydrogens (tertiary/aromatic N) is 4. The van der Waals surface area contributed by atoms with Crippen LogP contribution in [0.3, 0.4) is 0 Å². The van der Waals surface area contributed by atoms with Crippen molar-refractivity contribution in [3.8, 4) is 16.9 Å². The van der Waals surface area contributed by atoms with Gasteiger partial charge >= 0.3 is 0 Å². The Labute approximate surface area is 268 Å². The second kappa shape index (κ2) is 12.7. The van der Waals surface area contributed by atoms with E-state index in [0.29, 0.717) is 18.9 Å². The maximum absolute atomic E-state index is 14.6. The van der Waals surface area contributed by atoms with E-state index in [1.807, 2.05) is 28.0 Å². The van der Waals surface area contributed by atoms with Crippen LogP contribution in [-0.4, -0.2) is 40.1 Å². The molecule has 0 aliphatic heterocycles. The molecule has 2 bridgehead atoms. The topological polar surface area (TPSA) is 77.3 Å². The lowest BCUT2D eigenvalue weighted by atomic mass is 9.51. The number of ketones is 1. The first-order valence-corrected chi connectivity index (χ1v) is 17.1. The maximum Gasteiger partial charge on any atom is 0.231 e. The summed E-state index contributed by atoms with van der Waals surface area (Å²) < 4.78 is 7.51. The molecule has 2 atom stereocenters. The molecule has 4 aliphatic carbocycles. The minimum atomic E-state index is -0.0674. The van der Waals surface area contributed by atoms with Gasteiger partial charge in [0.25, 0.3) is 0 Å². The zero-order chi connectivity index (χ0) is 31.8. The highest BCUT2D eigenvalue weighted by molar-refractivity contribution is 5.95. The number of methoxy groups -OCH3 is 1. The van der Waals surface area contributed by atoms with Crippen molar-refractivity contribution in [3.63, 3.8) is 0 Å². The molecule has 3 aromatic rings. The molecule has 0 N–H and O–H groups in total. The van der Waals surface area contributed by atoms with E-state index in [1.54, 1.807) is 14.0 Å². The summed E-state index contributed by atoms with van der Waals surface area (Å²) in [6.07, 6.45) is 16.9. The highest BCUT2D eigenvalue weighted by atomic mass is 16.5. The number of benzene rings is 1.